The Morgan fingerprint density at radius 3 is 2.71 bits per heavy atom. The van der Waals surface area contributed by atoms with Crippen molar-refractivity contribution in [2.75, 3.05) is 13.2 Å². The summed E-state index contributed by atoms with van der Waals surface area (Å²) in [6.45, 7) is 2.42. The molecule has 0 unspecified atom stereocenters. The lowest BCUT2D eigenvalue weighted by Gasteiger charge is -2.08. The predicted molar refractivity (Wildman–Crippen MR) is 56.7 cm³/mol. The smallest absolute Gasteiger partial charge is 0.213 e. The Morgan fingerprint density at radius 2 is 2.29 bits per heavy atom. The Balaban J connectivity index is 0.00000169. The molecule has 1 aromatic heterocycles. The fourth-order valence-electron chi connectivity index (χ4n) is 0.950. The molecule has 0 aliphatic rings. The Hall–Kier alpha value is -0.840. The summed E-state index contributed by atoms with van der Waals surface area (Å²) in [6, 6.07) is 3.19. The van der Waals surface area contributed by atoms with Gasteiger partial charge in [0.1, 0.15) is 0 Å². The molecular weight excluding hydrogens is 204 g/mol. The second-order valence-corrected chi connectivity index (χ2v) is 2.65. The average Bonchev–Trinajstić information content (AvgIpc) is 2.18. The van der Waals surface area contributed by atoms with Gasteiger partial charge in [-0.15, -0.1) is 12.4 Å². The number of rotatable bonds is 4. The SMILES string of the molecule is CCOc1ccc([C@H](N)CO)cn1.Cl. The summed E-state index contributed by atoms with van der Waals surface area (Å²) in [5.74, 6) is 0.580. The first-order valence-electron chi connectivity index (χ1n) is 4.23. The monoisotopic (exact) mass is 218 g/mol. The maximum atomic E-state index is 8.78. The van der Waals surface area contributed by atoms with Crippen molar-refractivity contribution in [3.63, 3.8) is 0 Å². The van der Waals surface area contributed by atoms with Crippen LogP contribution in [0.15, 0.2) is 18.3 Å². The Labute approximate surface area is 89.5 Å². The number of ether oxygens (including phenoxy) is 1. The molecule has 0 aromatic carbocycles. The van der Waals surface area contributed by atoms with Gasteiger partial charge in [0.15, 0.2) is 0 Å². The summed E-state index contributed by atoms with van der Waals surface area (Å²) >= 11 is 0. The van der Waals surface area contributed by atoms with E-state index >= 15 is 0 Å². The quantitative estimate of drug-likeness (QED) is 0.788. The zero-order valence-corrected chi connectivity index (χ0v) is 8.83. The Morgan fingerprint density at radius 1 is 1.57 bits per heavy atom. The van der Waals surface area contributed by atoms with E-state index in [4.69, 9.17) is 15.6 Å². The predicted octanol–water partition coefficient (Wildman–Crippen LogP) is 0.894. The van der Waals surface area contributed by atoms with Gasteiger partial charge >= 0.3 is 0 Å². The molecule has 0 bridgehead atoms. The second kappa shape index (κ2) is 6.59. The van der Waals surface area contributed by atoms with Crippen LogP contribution in [0.5, 0.6) is 5.88 Å². The molecule has 0 radical (unpaired) electrons. The van der Waals surface area contributed by atoms with Crippen LogP contribution in [0.1, 0.15) is 18.5 Å². The molecule has 14 heavy (non-hydrogen) atoms. The van der Waals surface area contributed by atoms with E-state index in [1.54, 1.807) is 18.3 Å². The molecular formula is C9H15ClN2O2. The normalized spacial score (nSPS) is 11.6. The molecule has 3 N–H and O–H groups in total. The number of nitrogens with two attached hydrogens (primary N) is 1. The van der Waals surface area contributed by atoms with Crippen LogP contribution in [-0.4, -0.2) is 23.3 Å². The van der Waals surface area contributed by atoms with Crippen LogP contribution in [-0.2, 0) is 0 Å². The maximum Gasteiger partial charge on any atom is 0.213 e. The molecule has 0 saturated carbocycles. The highest BCUT2D eigenvalue weighted by Gasteiger charge is 2.04. The Bertz CT molecular complexity index is 253. The summed E-state index contributed by atoms with van der Waals surface area (Å²) in [5, 5.41) is 8.78. The highest BCUT2D eigenvalue weighted by molar-refractivity contribution is 5.85. The van der Waals surface area contributed by atoms with Crippen LogP contribution in [0.25, 0.3) is 0 Å². The molecule has 0 saturated heterocycles. The van der Waals surface area contributed by atoms with Crippen molar-refractivity contribution >= 4 is 12.4 Å². The zero-order chi connectivity index (χ0) is 9.68. The molecule has 0 aliphatic carbocycles. The molecule has 5 heteroatoms. The molecule has 1 atom stereocenters. The third-order valence-electron chi connectivity index (χ3n) is 1.68. The lowest BCUT2D eigenvalue weighted by Crippen LogP contribution is -2.14. The molecule has 0 spiro atoms. The highest BCUT2D eigenvalue weighted by atomic mass is 35.5. The fourth-order valence-corrected chi connectivity index (χ4v) is 0.950. The zero-order valence-electron chi connectivity index (χ0n) is 8.01. The minimum atomic E-state index is -0.358. The lowest BCUT2D eigenvalue weighted by molar-refractivity contribution is 0.267. The average molecular weight is 219 g/mol. The van der Waals surface area contributed by atoms with E-state index in [0.29, 0.717) is 12.5 Å². The molecule has 80 valence electrons. The first kappa shape index (κ1) is 13.2. The van der Waals surface area contributed by atoms with Gasteiger partial charge in [-0.2, -0.15) is 0 Å². The van der Waals surface area contributed by atoms with E-state index in [2.05, 4.69) is 4.98 Å². The number of aliphatic hydroxyl groups excluding tert-OH is 1. The molecule has 0 fully saturated rings. The van der Waals surface area contributed by atoms with Gasteiger partial charge in [-0.1, -0.05) is 6.07 Å². The number of hydrogen-bond donors (Lipinski definition) is 2. The highest BCUT2D eigenvalue weighted by Crippen LogP contribution is 2.12. The maximum absolute atomic E-state index is 8.78. The van der Waals surface area contributed by atoms with Gasteiger partial charge in [0.25, 0.3) is 0 Å². The molecule has 1 rings (SSSR count). The number of aliphatic hydroxyl groups is 1. The summed E-state index contributed by atoms with van der Waals surface area (Å²) in [4.78, 5) is 4.02. The van der Waals surface area contributed by atoms with Crippen molar-refractivity contribution < 1.29 is 9.84 Å². The third kappa shape index (κ3) is 3.49. The van der Waals surface area contributed by atoms with Crippen molar-refractivity contribution in [1.82, 2.24) is 4.98 Å². The van der Waals surface area contributed by atoms with E-state index in [0.717, 1.165) is 5.56 Å². The van der Waals surface area contributed by atoms with E-state index < -0.39 is 0 Å². The fraction of sp³-hybridized carbons (Fsp3) is 0.444. The van der Waals surface area contributed by atoms with Crippen molar-refractivity contribution in [1.29, 1.82) is 0 Å². The van der Waals surface area contributed by atoms with Gasteiger partial charge in [-0.25, -0.2) is 4.98 Å². The van der Waals surface area contributed by atoms with Crippen molar-refractivity contribution in [2.45, 2.75) is 13.0 Å². The van der Waals surface area contributed by atoms with Crippen LogP contribution in [0.2, 0.25) is 0 Å². The van der Waals surface area contributed by atoms with Gasteiger partial charge < -0.3 is 15.6 Å². The van der Waals surface area contributed by atoms with E-state index in [1.165, 1.54) is 0 Å². The molecule has 1 heterocycles. The first-order valence-corrected chi connectivity index (χ1v) is 4.23. The Kier molecular flexibility index (Phi) is 6.19. The third-order valence-corrected chi connectivity index (χ3v) is 1.68. The van der Waals surface area contributed by atoms with Crippen LogP contribution in [0.3, 0.4) is 0 Å². The molecule has 0 aliphatic heterocycles. The van der Waals surface area contributed by atoms with Crippen LogP contribution < -0.4 is 10.5 Å². The van der Waals surface area contributed by atoms with Crippen molar-refractivity contribution in [3.8, 4) is 5.88 Å². The topological polar surface area (TPSA) is 68.4 Å². The standard InChI is InChI=1S/C9H14N2O2.ClH/c1-2-13-9-4-3-7(5-11-9)8(10)6-12;/h3-5,8,12H,2,6,10H2,1H3;1H/t8-;/m1./s1. The van der Waals surface area contributed by atoms with Crippen LogP contribution >= 0.6 is 12.4 Å². The summed E-state index contributed by atoms with van der Waals surface area (Å²) in [5.41, 5.74) is 6.40. The summed E-state index contributed by atoms with van der Waals surface area (Å²) in [6.07, 6.45) is 1.62. The van der Waals surface area contributed by atoms with Crippen LogP contribution in [0.4, 0.5) is 0 Å². The lowest BCUT2D eigenvalue weighted by atomic mass is 10.1. The number of hydrogen-bond acceptors (Lipinski definition) is 4. The largest absolute Gasteiger partial charge is 0.478 e. The number of halogens is 1. The van der Waals surface area contributed by atoms with Gasteiger partial charge in [-0.3, -0.25) is 0 Å². The van der Waals surface area contributed by atoms with Crippen molar-refractivity contribution in [2.24, 2.45) is 5.73 Å². The van der Waals surface area contributed by atoms with Gasteiger partial charge in [-0.05, 0) is 12.5 Å². The molecule has 1 aromatic rings. The number of aromatic nitrogens is 1. The summed E-state index contributed by atoms with van der Waals surface area (Å²) in [7, 11) is 0. The summed E-state index contributed by atoms with van der Waals surface area (Å²) < 4.78 is 5.16. The first-order chi connectivity index (χ1) is 6.27. The molecule has 4 nitrogen and oxygen atoms in total. The van der Waals surface area contributed by atoms with Gasteiger partial charge in [0.2, 0.25) is 5.88 Å². The van der Waals surface area contributed by atoms with Crippen molar-refractivity contribution in [3.05, 3.63) is 23.9 Å². The number of pyridine rings is 1. The van der Waals surface area contributed by atoms with Gasteiger partial charge in [0.05, 0.1) is 19.3 Å². The minimum absolute atomic E-state index is 0. The second-order valence-electron chi connectivity index (χ2n) is 2.65. The van der Waals surface area contributed by atoms with E-state index in [1.807, 2.05) is 6.92 Å². The van der Waals surface area contributed by atoms with Gasteiger partial charge in [0, 0.05) is 12.3 Å². The minimum Gasteiger partial charge on any atom is -0.478 e. The number of nitrogens with zero attached hydrogens (tertiary/aromatic N) is 1. The van der Waals surface area contributed by atoms with E-state index in [-0.39, 0.29) is 25.1 Å². The van der Waals surface area contributed by atoms with E-state index in [9.17, 15) is 0 Å². The molecule has 0 amide bonds. The van der Waals surface area contributed by atoms with Crippen LogP contribution in [0, 0.1) is 0 Å².